The van der Waals surface area contributed by atoms with Crippen LogP contribution in [0.15, 0.2) is 42.5 Å². The summed E-state index contributed by atoms with van der Waals surface area (Å²) >= 11 is 0. The van der Waals surface area contributed by atoms with Gasteiger partial charge in [0.05, 0.1) is 6.10 Å². The van der Waals surface area contributed by atoms with Crippen LogP contribution in [0.3, 0.4) is 0 Å². The van der Waals surface area contributed by atoms with Gasteiger partial charge in [0.15, 0.2) is 0 Å². The van der Waals surface area contributed by atoms with E-state index in [4.69, 9.17) is 0 Å². The highest BCUT2D eigenvalue weighted by Gasteiger charge is 2.14. The molecule has 0 radical (unpaired) electrons. The average Bonchev–Trinajstić information content (AvgIpc) is 2.43. The van der Waals surface area contributed by atoms with Gasteiger partial charge in [-0.05, 0) is 30.7 Å². The van der Waals surface area contributed by atoms with Crippen molar-refractivity contribution in [2.75, 3.05) is 6.54 Å². The van der Waals surface area contributed by atoms with Crippen molar-refractivity contribution in [2.24, 2.45) is 0 Å². The second-order valence-corrected chi connectivity index (χ2v) is 4.87. The van der Waals surface area contributed by atoms with E-state index in [1.807, 2.05) is 0 Å². The van der Waals surface area contributed by atoms with Crippen LogP contribution in [-0.2, 0) is 0 Å². The maximum atomic E-state index is 13.5. The SMILES string of the molecule is CC(NCC(O)c1ccccc1F)c1cc(F)cc(F)c1. The zero-order valence-electron chi connectivity index (χ0n) is 11.5. The molecule has 2 rings (SSSR count). The van der Waals surface area contributed by atoms with Crippen LogP contribution in [0.4, 0.5) is 13.2 Å². The Morgan fingerprint density at radius 2 is 1.67 bits per heavy atom. The minimum Gasteiger partial charge on any atom is -0.387 e. The van der Waals surface area contributed by atoms with Crippen molar-refractivity contribution in [3.8, 4) is 0 Å². The van der Waals surface area contributed by atoms with Crippen molar-refractivity contribution in [2.45, 2.75) is 19.1 Å². The molecular weight excluding hydrogens is 279 g/mol. The van der Waals surface area contributed by atoms with Crippen LogP contribution in [0.25, 0.3) is 0 Å². The van der Waals surface area contributed by atoms with Gasteiger partial charge in [0.25, 0.3) is 0 Å². The average molecular weight is 295 g/mol. The molecule has 0 heterocycles. The third-order valence-corrected chi connectivity index (χ3v) is 3.27. The summed E-state index contributed by atoms with van der Waals surface area (Å²) in [5.41, 5.74) is 0.607. The molecule has 2 aromatic carbocycles. The first-order chi connectivity index (χ1) is 9.97. The van der Waals surface area contributed by atoms with Crippen LogP contribution in [0.1, 0.15) is 30.2 Å². The van der Waals surface area contributed by atoms with Crippen molar-refractivity contribution in [1.29, 1.82) is 0 Å². The summed E-state index contributed by atoms with van der Waals surface area (Å²) in [5.74, 6) is -1.81. The maximum absolute atomic E-state index is 13.5. The standard InChI is InChI=1S/C16H16F3NO/c1-10(11-6-12(17)8-13(18)7-11)20-9-16(21)14-4-2-3-5-15(14)19/h2-8,10,16,20-21H,9H2,1H3. The van der Waals surface area contributed by atoms with Gasteiger partial charge in [0, 0.05) is 24.2 Å². The minimum atomic E-state index is -1.04. The Kier molecular flexibility index (Phi) is 4.98. The first-order valence-electron chi connectivity index (χ1n) is 6.59. The smallest absolute Gasteiger partial charge is 0.129 e. The van der Waals surface area contributed by atoms with Gasteiger partial charge in [-0.2, -0.15) is 0 Å². The Balaban J connectivity index is 2.00. The van der Waals surface area contributed by atoms with Crippen molar-refractivity contribution < 1.29 is 18.3 Å². The molecule has 2 N–H and O–H groups in total. The van der Waals surface area contributed by atoms with Gasteiger partial charge in [-0.15, -0.1) is 0 Å². The molecule has 0 saturated carbocycles. The molecule has 0 bridgehead atoms. The fourth-order valence-corrected chi connectivity index (χ4v) is 2.09. The van der Waals surface area contributed by atoms with E-state index in [-0.39, 0.29) is 18.2 Å². The van der Waals surface area contributed by atoms with Gasteiger partial charge in [0.1, 0.15) is 17.5 Å². The third kappa shape index (κ3) is 4.06. The quantitative estimate of drug-likeness (QED) is 0.885. The molecule has 2 atom stereocenters. The lowest BCUT2D eigenvalue weighted by atomic mass is 10.1. The Labute approximate surface area is 121 Å². The van der Waals surface area contributed by atoms with Crippen molar-refractivity contribution >= 4 is 0 Å². The summed E-state index contributed by atoms with van der Waals surface area (Å²) in [6, 6.07) is 8.79. The van der Waals surface area contributed by atoms with E-state index in [0.29, 0.717) is 5.56 Å². The number of halogens is 3. The van der Waals surface area contributed by atoms with E-state index in [2.05, 4.69) is 5.32 Å². The zero-order chi connectivity index (χ0) is 15.4. The molecule has 0 aliphatic heterocycles. The fraction of sp³-hybridized carbons (Fsp3) is 0.250. The van der Waals surface area contributed by atoms with E-state index >= 15 is 0 Å². The molecule has 0 spiro atoms. The van der Waals surface area contributed by atoms with Crippen molar-refractivity contribution in [3.05, 3.63) is 71.0 Å². The van der Waals surface area contributed by atoms with E-state index < -0.39 is 23.6 Å². The third-order valence-electron chi connectivity index (χ3n) is 3.27. The predicted octanol–water partition coefficient (Wildman–Crippen LogP) is 3.49. The molecule has 2 nitrogen and oxygen atoms in total. The molecule has 2 unspecified atom stereocenters. The van der Waals surface area contributed by atoms with Crippen molar-refractivity contribution in [1.82, 2.24) is 5.32 Å². The normalized spacial score (nSPS) is 14.0. The van der Waals surface area contributed by atoms with E-state index in [1.54, 1.807) is 13.0 Å². The summed E-state index contributed by atoms with van der Waals surface area (Å²) in [7, 11) is 0. The van der Waals surface area contributed by atoms with Gasteiger partial charge in [-0.1, -0.05) is 18.2 Å². The number of aliphatic hydroxyl groups excluding tert-OH is 1. The van der Waals surface area contributed by atoms with Gasteiger partial charge in [-0.25, -0.2) is 13.2 Å². The van der Waals surface area contributed by atoms with Crippen LogP contribution < -0.4 is 5.32 Å². The second-order valence-electron chi connectivity index (χ2n) is 4.87. The first kappa shape index (κ1) is 15.5. The summed E-state index contributed by atoms with van der Waals surface area (Å²) in [6.45, 7) is 1.78. The molecule has 5 heteroatoms. The molecule has 0 amide bonds. The molecule has 112 valence electrons. The monoisotopic (exact) mass is 295 g/mol. The second kappa shape index (κ2) is 6.74. The van der Waals surface area contributed by atoms with Crippen LogP contribution in [0.2, 0.25) is 0 Å². The Morgan fingerprint density at radius 3 is 2.29 bits per heavy atom. The molecular formula is C16H16F3NO. The van der Waals surface area contributed by atoms with Crippen LogP contribution >= 0.6 is 0 Å². The van der Waals surface area contributed by atoms with Gasteiger partial charge >= 0.3 is 0 Å². The molecule has 0 aromatic heterocycles. The van der Waals surface area contributed by atoms with E-state index in [9.17, 15) is 18.3 Å². The molecule has 21 heavy (non-hydrogen) atoms. The summed E-state index contributed by atoms with van der Waals surface area (Å²) in [4.78, 5) is 0. The lowest BCUT2D eigenvalue weighted by molar-refractivity contribution is 0.166. The largest absolute Gasteiger partial charge is 0.387 e. The van der Waals surface area contributed by atoms with Gasteiger partial charge < -0.3 is 10.4 Å². The fourth-order valence-electron chi connectivity index (χ4n) is 2.09. The number of hydrogen-bond donors (Lipinski definition) is 2. The molecule has 2 aromatic rings. The predicted molar refractivity (Wildman–Crippen MR) is 74.1 cm³/mol. The lowest BCUT2D eigenvalue weighted by Gasteiger charge is -2.18. The van der Waals surface area contributed by atoms with E-state index in [1.165, 1.54) is 30.3 Å². The van der Waals surface area contributed by atoms with E-state index in [0.717, 1.165) is 6.07 Å². The highest BCUT2D eigenvalue weighted by atomic mass is 19.1. The van der Waals surface area contributed by atoms with Crippen LogP contribution in [-0.4, -0.2) is 11.7 Å². The number of benzene rings is 2. The highest BCUT2D eigenvalue weighted by molar-refractivity contribution is 5.22. The summed E-state index contributed by atoms with van der Waals surface area (Å²) in [6.07, 6.45) is -1.04. The Morgan fingerprint density at radius 1 is 1.05 bits per heavy atom. The maximum Gasteiger partial charge on any atom is 0.129 e. The Hall–Kier alpha value is -1.85. The zero-order valence-corrected chi connectivity index (χ0v) is 11.5. The summed E-state index contributed by atoms with van der Waals surface area (Å²) < 4.78 is 39.8. The molecule has 0 aliphatic rings. The number of nitrogens with one attached hydrogen (secondary N) is 1. The number of aliphatic hydroxyl groups is 1. The molecule has 0 aliphatic carbocycles. The van der Waals surface area contributed by atoms with Crippen molar-refractivity contribution in [3.63, 3.8) is 0 Å². The topological polar surface area (TPSA) is 32.3 Å². The van der Waals surface area contributed by atoms with Gasteiger partial charge in [0.2, 0.25) is 0 Å². The first-order valence-corrected chi connectivity index (χ1v) is 6.59. The molecule has 0 saturated heterocycles. The number of hydrogen-bond acceptors (Lipinski definition) is 2. The van der Waals surface area contributed by atoms with Crippen LogP contribution in [0, 0.1) is 17.5 Å². The highest BCUT2D eigenvalue weighted by Crippen LogP contribution is 2.19. The lowest BCUT2D eigenvalue weighted by Crippen LogP contribution is -2.25. The summed E-state index contributed by atoms with van der Waals surface area (Å²) in [5, 5.41) is 12.9. The van der Waals surface area contributed by atoms with Crippen LogP contribution in [0.5, 0.6) is 0 Å². The molecule has 0 fully saturated rings. The minimum absolute atomic E-state index is 0.0697. The number of rotatable bonds is 5. The Bertz CT molecular complexity index is 598. The van der Waals surface area contributed by atoms with Gasteiger partial charge in [-0.3, -0.25) is 0 Å².